The average molecular weight is 481 g/mol. The molecule has 0 radical (unpaired) electrons. The lowest BCUT2D eigenvalue weighted by Gasteiger charge is -2.07. The second-order valence-corrected chi connectivity index (χ2v) is 7.61. The highest BCUT2D eigenvalue weighted by Gasteiger charge is 2.30. The van der Waals surface area contributed by atoms with Crippen LogP contribution in [0.1, 0.15) is 31.8 Å². The Morgan fingerprint density at radius 2 is 1.37 bits per heavy atom. The van der Waals surface area contributed by atoms with Gasteiger partial charge in [-0.2, -0.15) is 18.3 Å². The Morgan fingerprint density at radius 1 is 0.829 bits per heavy atom. The number of hydrogen-bond donors (Lipinski definition) is 3. The molecule has 0 atom stereocenters. The van der Waals surface area contributed by atoms with E-state index < -0.39 is 23.7 Å². The largest absolute Gasteiger partial charge is 0.478 e. The van der Waals surface area contributed by atoms with E-state index in [0.29, 0.717) is 28.2 Å². The summed E-state index contributed by atoms with van der Waals surface area (Å²) in [5.74, 6) is -2.11. The van der Waals surface area contributed by atoms with Crippen molar-refractivity contribution in [1.82, 2.24) is 9.78 Å². The molecule has 0 spiro atoms. The third-order valence-corrected chi connectivity index (χ3v) is 5.27. The third kappa shape index (κ3) is 5.32. The summed E-state index contributed by atoms with van der Waals surface area (Å²) in [5.41, 5.74) is 2.37. The number of alkyl halides is 3. The Hall–Kier alpha value is -4.60. The van der Waals surface area contributed by atoms with Crippen LogP contribution in [-0.4, -0.2) is 31.9 Å². The van der Waals surface area contributed by atoms with Crippen LogP contribution in [0.2, 0.25) is 0 Å². The van der Waals surface area contributed by atoms with E-state index >= 15 is 0 Å². The molecule has 0 amide bonds. The van der Waals surface area contributed by atoms with Gasteiger partial charge in [-0.05, 0) is 60.7 Å². The fraction of sp³-hybridized carbons (Fsp3) is 0.0800. The Balaban J connectivity index is 1.67. The summed E-state index contributed by atoms with van der Waals surface area (Å²) in [5, 5.41) is 25.9. The molecule has 0 saturated carbocycles. The van der Waals surface area contributed by atoms with Crippen LogP contribution in [0.25, 0.3) is 16.9 Å². The summed E-state index contributed by atoms with van der Waals surface area (Å²) >= 11 is 0. The fourth-order valence-electron chi connectivity index (χ4n) is 3.42. The van der Waals surface area contributed by atoms with Crippen LogP contribution < -0.4 is 5.32 Å². The summed E-state index contributed by atoms with van der Waals surface area (Å²) in [6, 6.07) is 16.8. The van der Waals surface area contributed by atoms with Gasteiger partial charge >= 0.3 is 18.1 Å². The highest BCUT2D eigenvalue weighted by atomic mass is 19.4. The molecular formula is C25H18F3N3O4. The fourth-order valence-corrected chi connectivity index (χ4v) is 3.42. The van der Waals surface area contributed by atoms with Gasteiger partial charge < -0.3 is 15.5 Å². The molecule has 0 aliphatic rings. The molecule has 178 valence electrons. The number of rotatable bonds is 7. The van der Waals surface area contributed by atoms with Gasteiger partial charge in [0.2, 0.25) is 0 Å². The van der Waals surface area contributed by atoms with Gasteiger partial charge in [0, 0.05) is 29.6 Å². The molecular weight excluding hydrogens is 463 g/mol. The molecule has 1 aromatic heterocycles. The maximum Gasteiger partial charge on any atom is 0.416 e. The number of aromatic carboxylic acids is 2. The molecule has 35 heavy (non-hydrogen) atoms. The van der Waals surface area contributed by atoms with Crippen molar-refractivity contribution in [3.8, 4) is 16.9 Å². The highest BCUT2D eigenvalue weighted by molar-refractivity contribution is 5.88. The topological polar surface area (TPSA) is 104 Å². The Bertz CT molecular complexity index is 1360. The second kappa shape index (κ2) is 9.34. The summed E-state index contributed by atoms with van der Waals surface area (Å²) in [7, 11) is 0. The predicted molar refractivity (Wildman–Crippen MR) is 122 cm³/mol. The van der Waals surface area contributed by atoms with Gasteiger partial charge in [0.05, 0.1) is 28.1 Å². The van der Waals surface area contributed by atoms with E-state index in [0.717, 1.165) is 12.1 Å². The van der Waals surface area contributed by atoms with Crippen molar-refractivity contribution in [1.29, 1.82) is 0 Å². The van der Waals surface area contributed by atoms with E-state index in [-0.39, 0.29) is 17.7 Å². The average Bonchev–Trinajstić information content (AvgIpc) is 3.27. The van der Waals surface area contributed by atoms with Crippen LogP contribution in [0.4, 0.5) is 18.9 Å². The molecule has 0 saturated heterocycles. The van der Waals surface area contributed by atoms with Gasteiger partial charge in [0.1, 0.15) is 0 Å². The van der Waals surface area contributed by atoms with E-state index in [9.17, 15) is 22.8 Å². The molecule has 1 heterocycles. The molecule has 0 unspecified atom stereocenters. The van der Waals surface area contributed by atoms with Crippen molar-refractivity contribution in [2.45, 2.75) is 12.7 Å². The van der Waals surface area contributed by atoms with Crippen LogP contribution in [0.3, 0.4) is 0 Å². The number of nitrogens with one attached hydrogen (secondary N) is 1. The normalized spacial score (nSPS) is 11.3. The molecule has 3 N–H and O–H groups in total. The molecule has 0 aliphatic heterocycles. The molecule has 7 nitrogen and oxygen atoms in total. The minimum atomic E-state index is -4.45. The van der Waals surface area contributed by atoms with Gasteiger partial charge in [-0.25, -0.2) is 14.3 Å². The maximum absolute atomic E-state index is 12.9. The summed E-state index contributed by atoms with van der Waals surface area (Å²) < 4.78 is 40.2. The quantitative estimate of drug-likeness (QED) is 0.319. The first-order valence-electron chi connectivity index (χ1n) is 10.3. The Morgan fingerprint density at radius 3 is 1.89 bits per heavy atom. The van der Waals surface area contributed by atoms with Crippen molar-refractivity contribution >= 4 is 17.6 Å². The maximum atomic E-state index is 12.9. The van der Waals surface area contributed by atoms with Gasteiger partial charge in [0.25, 0.3) is 0 Å². The zero-order valence-corrected chi connectivity index (χ0v) is 18.0. The molecule has 10 heteroatoms. The molecule has 3 aromatic carbocycles. The standard InChI is InChI=1S/C25H18F3N3O4/c26-25(27,28)19-7-11-21(12-8-19)31-14-18(13-29-20-9-5-17(6-10-20)24(34)35)22(30-31)15-1-3-16(4-2-15)23(32)33/h1-12,14,29H,13H2,(H,32,33)(H,34,35). The number of aromatic nitrogens is 2. The Labute approximate surface area is 197 Å². The van der Waals surface area contributed by atoms with E-state index in [1.807, 2.05) is 0 Å². The first kappa shape index (κ1) is 23.6. The lowest BCUT2D eigenvalue weighted by Crippen LogP contribution is -2.05. The first-order chi connectivity index (χ1) is 16.6. The molecule has 4 rings (SSSR count). The van der Waals surface area contributed by atoms with Crippen molar-refractivity contribution in [3.05, 3.63) is 101 Å². The molecule has 0 aliphatic carbocycles. The van der Waals surface area contributed by atoms with Gasteiger partial charge in [0.15, 0.2) is 0 Å². The van der Waals surface area contributed by atoms with E-state index in [1.165, 1.54) is 41.1 Å². The zero-order chi connectivity index (χ0) is 25.2. The van der Waals surface area contributed by atoms with Gasteiger partial charge in [-0.15, -0.1) is 0 Å². The van der Waals surface area contributed by atoms with Crippen molar-refractivity contribution in [2.75, 3.05) is 5.32 Å². The number of halogens is 3. The summed E-state index contributed by atoms with van der Waals surface area (Å²) in [4.78, 5) is 22.2. The van der Waals surface area contributed by atoms with Gasteiger partial charge in [-0.1, -0.05) is 12.1 Å². The monoisotopic (exact) mass is 481 g/mol. The van der Waals surface area contributed by atoms with E-state index in [4.69, 9.17) is 10.2 Å². The molecule has 4 aromatic rings. The van der Waals surface area contributed by atoms with Crippen molar-refractivity contribution < 1.29 is 33.0 Å². The number of carbonyl (C=O) groups is 2. The van der Waals surface area contributed by atoms with Crippen LogP contribution in [-0.2, 0) is 12.7 Å². The van der Waals surface area contributed by atoms with E-state index in [1.54, 1.807) is 30.5 Å². The van der Waals surface area contributed by atoms with Crippen LogP contribution in [0.5, 0.6) is 0 Å². The number of anilines is 1. The number of hydrogen-bond acceptors (Lipinski definition) is 4. The van der Waals surface area contributed by atoms with Gasteiger partial charge in [-0.3, -0.25) is 0 Å². The SMILES string of the molecule is O=C(O)c1ccc(NCc2cn(-c3ccc(C(F)(F)F)cc3)nc2-c2ccc(C(=O)O)cc2)cc1. The van der Waals surface area contributed by atoms with E-state index in [2.05, 4.69) is 10.4 Å². The summed E-state index contributed by atoms with van der Waals surface area (Å²) in [6.45, 7) is 0.267. The third-order valence-electron chi connectivity index (χ3n) is 5.27. The van der Waals surface area contributed by atoms with Crippen LogP contribution >= 0.6 is 0 Å². The smallest absolute Gasteiger partial charge is 0.416 e. The lowest BCUT2D eigenvalue weighted by atomic mass is 10.1. The minimum Gasteiger partial charge on any atom is -0.478 e. The number of benzene rings is 3. The highest BCUT2D eigenvalue weighted by Crippen LogP contribution is 2.30. The number of carboxylic acid groups (broad SMARTS) is 2. The Kier molecular flexibility index (Phi) is 6.28. The first-order valence-corrected chi connectivity index (χ1v) is 10.3. The minimum absolute atomic E-state index is 0.106. The van der Waals surface area contributed by atoms with Crippen molar-refractivity contribution in [3.63, 3.8) is 0 Å². The molecule has 0 fully saturated rings. The van der Waals surface area contributed by atoms with Crippen molar-refractivity contribution in [2.24, 2.45) is 0 Å². The second-order valence-electron chi connectivity index (χ2n) is 7.61. The molecule has 0 bridgehead atoms. The van der Waals surface area contributed by atoms with Crippen LogP contribution in [0.15, 0.2) is 79.0 Å². The summed E-state index contributed by atoms with van der Waals surface area (Å²) in [6.07, 6.45) is -2.79. The zero-order valence-electron chi connectivity index (χ0n) is 18.0. The number of carboxylic acids is 2. The lowest BCUT2D eigenvalue weighted by molar-refractivity contribution is -0.137. The van der Waals surface area contributed by atoms with Crippen LogP contribution in [0, 0.1) is 0 Å². The predicted octanol–water partition coefficient (Wildman–Crippen LogP) is 5.57. The number of nitrogens with zero attached hydrogens (tertiary/aromatic N) is 2.